The number of pyridine rings is 1. The van der Waals surface area contributed by atoms with Gasteiger partial charge in [-0.05, 0) is 84.8 Å². The van der Waals surface area contributed by atoms with Crippen LogP contribution in [0.2, 0.25) is 0 Å². The summed E-state index contributed by atoms with van der Waals surface area (Å²) in [5.74, 6) is 0.666. The second-order valence-electron chi connectivity index (χ2n) is 10.6. The average molecular weight is 527 g/mol. The minimum atomic E-state index is -0.466. The molecule has 3 heterocycles. The number of aryl methyl sites for hydroxylation is 2. The molecule has 0 fully saturated rings. The predicted octanol–water partition coefficient (Wildman–Crippen LogP) is 6.13. The summed E-state index contributed by atoms with van der Waals surface area (Å²) in [6.07, 6.45) is 0.841. The molecule has 0 amide bonds. The average Bonchev–Trinajstić information content (AvgIpc) is 3.58. The molecule has 0 radical (unpaired) electrons. The molecule has 0 aliphatic carbocycles. The van der Waals surface area contributed by atoms with Crippen LogP contribution in [0.25, 0.3) is 10.9 Å². The quantitative estimate of drug-likeness (QED) is 0.250. The number of benzene rings is 2. The first-order valence-corrected chi connectivity index (χ1v) is 13.9. The second-order valence-corrected chi connectivity index (χ2v) is 11.6. The summed E-state index contributed by atoms with van der Waals surface area (Å²) in [5, 5.41) is 16.2. The molecule has 2 aromatic carbocycles. The highest BCUT2D eigenvalue weighted by Crippen LogP contribution is 2.33. The lowest BCUT2D eigenvalue weighted by Gasteiger charge is -2.33. The van der Waals surface area contributed by atoms with Gasteiger partial charge in [-0.15, -0.1) is 16.4 Å². The number of hydrogen-bond acceptors (Lipinski definition) is 6. The molecule has 1 atom stereocenters. The van der Waals surface area contributed by atoms with Gasteiger partial charge < -0.3 is 4.98 Å². The largest absolute Gasteiger partial charge is 0.322 e. The Bertz CT molecular complexity index is 1590. The van der Waals surface area contributed by atoms with E-state index in [9.17, 15) is 4.79 Å². The van der Waals surface area contributed by atoms with Gasteiger partial charge in [0.15, 0.2) is 5.82 Å². The number of hydrogen-bond donors (Lipinski definition) is 1. The van der Waals surface area contributed by atoms with Gasteiger partial charge in [0.2, 0.25) is 0 Å². The molecule has 0 unspecified atom stereocenters. The Kier molecular flexibility index (Phi) is 7.27. The zero-order valence-electron chi connectivity index (χ0n) is 22.6. The Morgan fingerprint density at radius 2 is 1.84 bits per heavy atom. The number of aromatic amines is 1. The lowest BCUT2D eigenvalue weighted by molar-refractivity contribution is 0.182. The van der Waals surface area contributed by atoms with E-state index in [1.807, 2.05) is 41.9 Å². The Balaban J connectivity index is 1.75. The van der Waals surface area contributed by atoms with Crippen LogP contribution in [0.15, 0.2) is 70.8 Å². The van der Waals surface area contributed by atoms with Crippen LogP contribution in [0.3, 0.4) is 0 Å². The third kappa shape index (κ3) is 5.19. The Morgan fingerprint density at radius 3 is 2.55 bits per heavy atom. The van der Waals surface area contributed by atoms with Crippen LogP contribution in [-0.4, -0.2) is 30.1 Å². The highest BCUT2D eigenvalue weighted by atomic mass is 32.1. The smallest absolute Gasteiger partial charge is 0.253 e. The number of nitrogens with zero attached hydrogens (tertiary/aromatic N) is 5. The summed E-state index contributed by atoms with van der Waals surface area (Å²) < 4.78 is 1.90. The van der Waals surface area contributed by atoms with E-state index in [0.717, 1.165) is 34.0 Å². The first kappa shape index (κ1) is 26.0. The van der Waals surface area contributed by atoms with Crippen molar-refractivity contribution >= 4 is 22.2 Å². The standard InChI is InChI=1S/C30H34N6OS/c1-6-30(4,5)36-28(32-33-34-36)27(25-17-24-21(3)15-20(2)16-26(24)31-29(25)37)35(19-23-13-10-14-38-23)18-22-11-8-7-9-12-22/h7-17,27H,6,18-19H2,1-5H3,(H,31,37)/t27-/m1/s1. The minimum absolute atomic E-state index is 0.124. The maximum Gasteiger partial charge on any atom is 0.253 e. The highest BCUT2D eigenvalue weighted by molar-refractivity contribution is 7.09. The molecule has 7 nitrogen and oxygen atoms in total. The third-order valence-electron chi connectivity index (χ3n) is 7.35. The molecule has 5 rings (SSSR count). The number of rotatable bonds is 9. The van der Waals surface area contributed by atoms with Gasteiger partial charge in [-0.2, -0.15) is 0 Å². The van der Waals surface area contributed by atoms with Crippen LogP contribution in [0.5, 0.6) is 0 Å². The zero-order chi connectivity index (χ0) is 26.9. The molecule has 3 aromatic heterocycles. The molecule has 0 bridgehead atoms. The monoisotopic (exact) mass is 526 g/mol. The van der Waals surface area contributed by atoms with Crippen molar-refractivity contribution < 1.29 is 0 Å². The summed E-state index contributed by atoms with van der Waals surface area (Å²) in [4.78, 5) is 20.5. The van der Waals surface area contributed by atoms with E-state index in [1.165, 1.54) is 4.88 Å². The topological polar surface area (TPSA) is 79.7 Å². The number of thiophene rings is 1. The minimum Gasteiger partial charge on any atom is -0.322 e. The van der Waals surface area contributed by atoms with E-state index in [2.05, 4.69) is 88.8 Å². The zero-order valence-corrected chi connectivity index (χ0v) is 23.4. The summed E-state index contributed by atoms with van der Waals surface area (Å²) in [5.41, 5.74) is 4.43. The fourth-order valence-corrected chi connectivity index (χ4v) is 5.73. The fourth-order valence-electron chi connectivity index (χ4n) is 5.00. The van der Waals surface area contributed by atoms with Gasteiger partial charge in [-0.25, -0.2) is 4.68 Å². The fraction of sp³-hybridized carbons (Fsp3) is 0.333. The maximum atomic E-state index is 13.8. The molecular weight excluding hydrogens is 492 g/mol. The summed E-state index contributed by atoms with van der Waals surface area (Å²) in [6, 6.07) is 20.3. The van der Waals surface area contributed by atoms with Gasteiger partial charge in [-0.1, -0.05) is 49.4 Å². The number of aromatic nitrogens is 5. The van der Waals surface area contributed by atoms with Gasteiger partial charge in [0, 0.05) is 34.4 Å². The van der Waals surface area contributed by atoms with E-state index in [-0.39, 0.29) is 11.1 Å². The molecule has 38 heavy (non-hydrogen) atoms. The molecule has 0 spiro atoms. The highest BCUT2D eigenvalue weighted by Gasteiger charge is 2.34. The van der Waals surface area contributed by atoms with Gasteiger partial charge in [-0.3, -0.25) is 9.69 Å². The van der Waals surface area contributed by atoms with E-state index >= 15 is 0 Å². The van der Waals surface area contributed by atoms with Crippen LogP contribution >= 0.6 is 11.3 Å². The van der Waals surface area contributed by atoms with Crippen LogP contribution in [0, 0.1) is 13.8 Å². The number of nitrogens with one attached hydrogen (secondary N) is 1. The lowest BCUT2D eigenvalue weighted by atomic mass is 9.97. The summed E-state index contributed by atoms with van der Waals surface area (Å²) in [6.45, 7) is 11.8. The molecule has 5 aromatic rings. The third-order valence-corrected chi connectivity index (χ3v) is 8.21. The molecule has 1 N–H and O–H groups in total. The lowest BCUT2D eigenvalue weighted by Crippen LogP contribution is -2.37. The van der Waals surface area contributed by atoms with E-state index in [0.29, 0.717) is 24.5 Å². The van der Waals surface area contributed by atoms with E-state index in [1.54, 1.807) is 11.3 Å². The Morgan fingerprint density at radius 1 is 1.05 bits per heavy atom. The van der Waals surface area contributed by atoms with Crippen molar-refractivity contribution in [1.82, 2.24) is 30.1 Å². The Labute approximate surface area is 227 Å². The first-order valence-electron chi connectivity index (χ1n) is 13.0. The molecular formula is C30H34N6OS. The molecule has 0 saturated carbocycles. The molecule has 0 aliphatic rings. The molecule has 196 valence electrons. The van der Waals surface area contributed by atoms with Crippen molar-refractivity contribution in [2.75, 3.05) is 0 Å². The first-order chi connectivity index (χ1) is 18.3. The Hall–Kier alpha value is -3.62. The van der Waals surface area contributed by atoms with Crippen molar-refractivity contribution in [2.45, 2.75) is 65.7 Å². The van der Waals surface area contributed by atoms with Crippen molar-refractivity contribution in [1.29, 1.82) is 0 Å². The van der Waals surface area contributed by atoms with Gasteiger partial charge in [0.25, 0.3) is 5.56 Å². The summed E-state index contributed by atoms with van der Waals surface area (Å²) >= 11 is 1.71. The van der Waals surface area contributed by atoms with E-state index < -0.39 is 6.04 Å². The van der Waals surface area contributed by atoms with Crippen molar-refractivity contribution in [3.8, 4) is 0 Å². The second kappa shape index (κ2) is 10.6. The van der Waals surface area contributed by atoms with Crippen molar-refractivity contribution in [3.63, 3.8) is 0 Å². The molecule has 0 aliphatic heterocycles. The van der Waals surface area contributed by atoms with Crippen molar-refractivity contribution in [3.05, 3.63) is 109 Å². The predicted molar refractivity (Wildman–Crippen MR) is 153 cm³/mol. The molecule has 8 heteroatoms. The summed E-state index contributed by atoms with van der Waals surface area (Å²) in [7, 11) is 0. The van der Waals surface area contributed by atoms with Crippen LogP contribution in [-0.2, 0) is 18.6 Å². The molecule has 0 saturated heterocycles. The maximum absolute atomic E-state index is 13.8. The van der Waals surface area contributed by atoms with Crippen LogP contribution < -0.4 is 5.56 Å². The van der Waals surface area contributed by atoms with Gasteiger partial charge in [0.05, 0.1) is 5.54 Å². The van der Waals surface area contributed by atoms with Crippen molar-refractivity contribution in [2.24, 2.45) is 0 Å². The normalized spacial score (nSPS) is 12.9. The van der Waals surface area contributed by atoms with Gasteiger partial charge >= 0.3 is 0 Å². The van der Waals surface area contributed by atoms with E-state index in [4.69, 9.17) is 0 Å². The number of fused-ring (bicyclic) bond motifs is 1. The SMILES string of the molecule is CCC(C)(C)n1nnnc1[C@@H](c1cc2c(C)cc(C)cc2[nH]c1=O)N(Cc1ccccc1)Cc1cccs1. The number of H-pyrrole nitrogens is 1. The number of tetrazole rings is 1. The van der Waals surface area contributed by atoms with Gasteiger partial charge in [0.1, 0.15) is 6.04 Å². The van der Waals surface area contributed by atoms with Crippen LogP contribution in [0.4, 0.5) is 0 Å². The van der Waals surface area contributed by atoms with Crippen LogP contribution in [0.1, 0.15) is 66.2 Å².